The van der Waals surface area contributed by atoms with E-state index < -0.39 is 12.1 Å². The summed E-state index contributed by atoms with van der Waals surface area (Å²) in [6.45, 7) is 8.55. The van der Waals surface area contributed by atoms with Gasteiger partial charge in [0, 0.05) is 51.3 Å². The summed E-state index contributed by atoms with van der Waals surface area (Å²) < 4.78 is 37.0. The van der Waals surface area contributed by atoms with Crippen molar-refractivity contribution in [3.05, 3.63) is 29.8 Å². The molecule has 0 radical (unpaired) electrons. The van der Waals surface area contributed by atoms with Gasteiger partial charge in [-0.2, -0.15) is 13.2 Å². The Kier molecular flexibility index (Phi) is 11.7. The Hall–Kier alpha value is -2.82. The van der Waals surface area contributed by atoms with Gasteiger partial charge < -0.3 is 25.0 Å². The standard InChI is InChI=1S/C20H31N3O3.C2HF3O2/c1-16(2)7-11-23(12-8-19(24)22-13-9-21-10-14-22)20(25)17-5-4-6-18(15-17)26-3;3-2(4,5)1(6)7/h4-6,15-16,21H,7-14H2,1-3H3;(H,6,7). The third kappa shape index (κ3) is 10.6. The molecule has 8 nitrogen and oxygen atoms in total. The Morgan fingerprint density at radius 3 is 2.30 bits per heavy atom. The van der Waals surface area contributed by atoms with Crippen LogP contribution in [0.3, 0.4) is 0 Å². The molecular formula is C22H32F3N3O5. The van der Waals surface area contributed by atoms with Crippen LogP contribution in [0.25, 0.3) is 0 Å². The molecule has 1 aromatic carbocycles. The summed E-state index contributed by atoms with van der Waals surface area (Å²) in [5.41, 5.74) is 0.600. The molecule has 1 fully saturated rings. The molecule has 0 atom stereocenters. The highest BCUT2D eigenvalue weighted by molar-refractivity contribution is 5.94. The van der Waals surface area contributed by atoms with Crippen LogP contribution in [0.5, 0.6) is 5.75 Å². The second-order valence-corrected chi connectivity index (χ2v) is 7.89. The second-order valence-electron chi connectivity index (χ2n) is 7.89. The first-order valence-electron chi connectivity index (χ1n) is 10.7. The maximum Gasteiger partial charge on any atom is 0.490 e. The monoisotopic (exact) mass is 475 g/mol. The van der Waals surface area contributed by atoms with Gasteiger partial charge in [-0.05, 0) is 30.5 Å². The van der Waals surface area contributed by atoms with Gasteiger partial charge in [-0.1, -0.05) is 19.9 Å². The van der Waals surface area contributed by atoms with E-state index in [2.05, 4.69) is 19.2 Å². The van der Waals surface area contributed by atoms with Crippen molar-refractivity contribution >= 4 is 17.8 Å². The van der Waals surface area contributed by atoms with Crippen molar-refractivity contribution in [3.8, 4) is 5.75 Å². The Labute approximate surface area is 191 Å². The molecule has 2 amide bonds. The van der Waals surface area contributed by atoms with Gasteiger partial charge in [0.15, 0.2) is 0 Å². The van der Waals surface area contributed by atoms with Crippen molar-refractivity contribution in [2.75, 3.05) is 46.4 Å². The molecule has 0 bridgehead atoms. The number of halogens is 3. The number of piperazine rings is 1. The summed E-state index contributed by atoms with van der Waals surface area (Å²) in [6.07, 6.45) is -3.80. The van der Waals surface area contributed by atoms with Gasteiger partial charge in [-0.25, -0.2) is 4.79 Å². The number of carbonyl (C=O) groups excluding carboxylic acids is 2. The Bertz CT molecular complexity index is 781. The molecule has 186 valence electrons. The highest BCUT2D eigenvalue weighted by atomic mass is 19.4. The number of ether oxygens (including phenoxy) is 1. The zero-order valence-corrected chi connectivity index (χ0v) is 19.2. The van der Waals surface area contributed by atoms with E-state index in [1.54, 1.807) is 24.1 Å². The Balaban J connectivity index is 0.000000675. The predicted molar refractivity (Wildman–Crippen MR) is 116 cm³/mol. The van der Waals surface area contributed by atoms with Crippen LogP contribution in [0.2, 0.25) is 0 Å². The number of aliphatic carboxylic acids is 1. The van der Waals surface area contributed by atoms with Crippen LogP contribution in [-0.4, -0.2) is 85.2 Å². The fraction of sp³-hybridized carbons (Fsp3) is 0.591. The number of nitrogens with zero attached hydrogens (tertiary/aromatic N) is 2. The van der Waals surface area contributed by atoms with E-state index >= 15 is 0 Å². The van der Waals surface area contributed by atoms with Crippen molar-refractivity contribution in [2.45, 2.75) is 32.9 Å². The van der Waals surface area contributed by atoms with Crippen molar-refractivity contribution in [1.82, 2.24) is 15.1 Å². The zero-order chi connectivity index (χ0) is 25.0. The maximum atomic E-state index is 12.9. The lowest BCUT2D eigenvalue weighted by Crippen LogP contribution is -2.47. The Morgan fingerprint density at radius 1 is 1.18 bits per heavy atom. The van der Waals surface area contributed by atoms with Crippen molar-refractivity contribution in [3.63, 3.8) is 0 Å². The van der Waals surface area contributed by atoms with E-state index in [1.807, 2.05) is 17.0 Å². The van der Waals surface area contributed by atoms with Crippen LogP contribution in [0.4, 0.5) is 13.2 Å². The first-order valence-corrected chi connectivity index (χ1v) is 10.7. The molecule has 0 aliphatic carbocycles. The van der Waals surface area contributed by atoms with Gasteiger partial charge in [-0.3, -0.25) is 9.59 Å². The SMILES string of the molecule is COc1cccc(C(=O)N(CCC(=O)N2CCNCC2)CCC(C)C)c1.O=C(O)C(F)(F)F. The van der Waals surface area contributed by atoms with Crippen molar-refractivity contribution < 1.29 is 37.4 Å². The molecule has 33 heavy (non-hydrogen) atoms. The number of nitrogens with one attached hydrogen (secondary N) is 1. The summed E-state index contributed by atoms with van der Waals surface area (Å²) in [6, 6.07) is 7.19. The molecule has 1 aromatic rings. The molecule has 0 aromatic heterocycles. The number of benzene rings is 1. The summed E-state index contributed by atoms with van der Waals surface area (Å²) in [7, 11) is 1.59. The van der Waals surface area contributed by atoms with Crippen molar-refractivity contribution in [1.29, 1.82) is 0 Å². The number of carbonyl (C=O) groups is 3. The van der Waals surface area contributed by atoms with Crippen LogP contribution < -0.4 is 10.1 Å². The smallest absolute Gasteiger partial charge is 0.490 e. The molecule has 0 unspecified atom stereocenters. The Morgan fingerprint density at radius 2 is 1.79 bits per heavy atom. The van der Waals surface area contributed by atoms with Crippen LogP contribution >= 0.6 is 0 Å². The molecule has 0 saturated carbocycles. The van der Waals surface area contributed by atoms with Gasteiger partial charge in [0.25, 0.3) is 5.91 Å². The lowest BCUT2D eigenvalue weighted by atomic mass is 10.1. The summed E-state index contributed by atoms with van der Waals surface area (Å²) in [5.74, 6) is -1.51. The van der Waals surface area contributed by atoms with Crippen LogP contribution in [0, 0.1) is 5.92 Å². The minimum Gasteiger partial charge on any atom is -0.497 e. The van der Waals surface area contributed by atoms with Crippen LogP contribution in [0.15, 0.2) is 24.3 Å². The molecule has 0 spiro atoms. The van der Waals surface area contributed by atoms with E-state index in [4.69, 9.17) is 14.6 Å². The van der Waals surface area contributed by atoms with Gasteiger partial charge >= 0.3 is 12.1 Å². The minimum absolute atomic E-state index is 0.0438. The largest absolute Gasteiger partial charge is 0.497 e. The molecule has 2 N–H and O–H groups in total. The number of methoxy groups -OCH3 is 1. The average Bonchev–Trinajstić information content (AvgIpc) is 2.78. The molecule has 1 saturated heterocycles. The number of carboxylic acid groups (broad SMARTS) is 1. The number of rotatable bonds is 8. The first-order chi connectivity index (χ1) is 15.5. The molecule has 2 rings (SSSR count). The van der Waals surface area contributed by atoms with Gasteiger partial charge in [0.2, 0.25) is 5.91 Å². The van der Waals surface area contributed by atoms with Crippen LogP contribution in [-0.2, 0) is 9.59 Å². The van der Waals surface area contributed by atoms with E-state index in [1.165, 1.54) is 0 Å². The summed E-state index contributed by atoms with van der Waals surface area (Å²) >= 11 is 0. The minimum atomic E-state index is -5.08. The lowest BCUT2D eigenvalue weighted by Gasteiger charge is -2.29. The first kappa shape index (κ1) is 28.2. The van der Waals surface area contributed by atoms with Gasteiger partial charge in [0.05, 0.1) is 7.11 Å². The number of hydrogen-bond donors (Lipinski definition) is 2. The molecular weight excluding hydrogens is 443 g/mol. The highest BCUT2D eigenvalue weighted by Gasteiger charge is 2.38. The average molecular weight is 476 g/mol. The highest BCUT2D eigenvalue weighted by Crippen LogP contribution is 2.16. The topological polar surface area (TPSA) is 99.2 Å². The third-order valence-electron chi connectivity index (χ3n) is 4.89. The van der Waals surface area contributed by atoms with E-state index in [-0.39, 0.29) is 11.8 Å². The number of hydrogen-bond acceptors (Lipinski definition) is 5. The zero-order valence-electron chi connectivity index (χ0n) is 19.2. The number of carboxylic acids is 1. The molecule has 1 aliphatic heterocycles. The van der Waals surface area contributed by atoms with E-state index in [0.717, 1.165) is 32.6 Å². The van der Waals surface area contributed by atoms with Crippen molar-refractivity contribution in [2.24, 2.45) is 5.92 Å². The molecule has 1 aliphatic rings. The third-order valence-corrected chi connectivity index (χ3v) is 4.89. The fourth-order valence-corrected chi connectivity index (χ4v) is 2.97. The van der Waals surface area contributed by atoms with Crippen LogP contribution in [0.1, 0.15) is 37.0 Å². The second kappa shape index (κ2) is 13.7. The number of amides is 2. The summed E-state index contributed by atoms with van der Waals surface area (Å²) in [5, 5.41) is 10.4. The lowest BCUT2D eigenvalue weighted by molar-refractivity contribution is -0.192. The molecule has 1 heterocycles. The predicted octanol–water partition coefficient (Wildman–Crippen LogP) is 2.64. The molecule has 11 heteroatoms. The van der Waals surface area contributed by atoms with Gasteiger partial charge in [0.1, 0.15) is 5.75 Å². The normalized spacial score (nSPS) is 13.7. The van der Waals surface area contributed by atoms with E-state index in [0.29, 0.717) is 36.7 Å². The quantitative estimate of drug-likeness (QED) is 0.600. The summed E-state index contributed by atoms with van der Waals surface area (Å²) in [4.78, 5) is 38.0. The van der Waals surface area contributed by atoms with Gasteiger partial charge in [-0.15, -0.1) is 0 Å². The van der Waals surface area contributed by atoms with E-state index in [9.17, 15) is 22.8 Å². The maximum absolute atomic E-state index is 12.9. The number of alkyl halides is 3. The fourth-order valence-electron chi connectivity index (χ4n) is 2.97.